The minimum atomic E-state index is -0.0112. The third-order valence-corrected chi connectivity index (χ3v) is 5.39. The van der Waals surface area contributed by atoms with Gasteiger partial charge in [0.05, 0.1) is 13.2 Å². The maximum Gasteiger partial charge on any atom is 0.191 e. The van der Waals surface area contributed by atoms with Crippen molar-refractivity contribution in [2.24, 2.45) is 10.4 Å². The van der Waals surface area contributed by atoms with Gasteiger partial charge < -0.3 is 25.2 Å². The Morgan fingerprint density at radius 1 is 1.10 bits per heavy atom. The highest BCUT2D eigenvalue weighted by atomic mass is 16.5. The number of hydrogen-bond acceptors (Lipinski definition) is 4. The van der Waals surface area contributed by atoms with E-state index in [0.29, 0.717) is 19.8 Å². The number of rotatable bonds is 10. The Morgan fingerprint density at radius 3 is 2.57 bits per heavy atom. The van der Waals surface area contributed by atoms with E-state index in [-0.39, 0.29) is 12.0 Å². The minimum absolute atomic E-state index is 0.0112. The number of nitrogens with zero attached hydrogens (tertiary/aromatic N) is 1. The summed E-state index contributed by atoms with van der Waals surface area (Å²) in [6.45, 7) is 6.35. The Bertz CT molecular complexity index is 772. The zero-order valence-corrected chi connectivity index (χ0v) is 17.8. The normalized spacial score (nSPS) is 18.9. The molecule has 1 heterocycles. The van der Waals surface area contributed by atoms with E-state index < -0.39 is 0 Å². The molecular weight excluding hydrogens is 378 g/mol. The van der Waals surface area contributed by atoms with Gasteiger partial charge >= 0.3 is 0 Å². The fourth-order valence-electron chi connectivity index (χ4n) is 3.53. The first-order chi connectivity index (χ1) is 14.7. The van der Waals surface area contributed by atoms with E-state index in [2.05, 4.69) is 29.7 Å². The molecule has 2 aromatic carbocycles. The molecule has 0 aromatic heterocycles. The molecule has 3 N–H and O–H groups in total. The van der Waals surface area contributed by atoms with Gasteiger partial charge in [-0.15, -0.1) is 0 Å². The summed E-state index contributed by atoms with van der Waals surface area (Å²) in [5.41, 5.74) is 2.26. The van der Waals surface area contributed by atoms with Crippen molar-refractivity contribution in [3.8, 4) is 5.75 Å². The van der Waals surface area contributed by atoms with Crippen molar-refractivity contribution in [1.29, 1.82) is 0 Å². The number of hydrogen-bond donors (Lipinski definition) is 3. The van der Waals surface area contributed by atoms with Crippen LogP contribution in [0.3, 0.4) is 0 Å². The van der Waals surface area contributed by atoms with Crippen LogP contribution in [0.25, 0.3) is 0 Å². The number of nitrogens with one attached hydrogen (secondary N) is 2. The molecule has 0 radical (unpaired) electrons. The van der Waals surface area contributed by atoms with Crippen LogP contribution >= 0.6 is 0 Å². The summed E-state index contributed by atoms with van der Waals surface area (Å²) in [5, 5.41) is 16.1. The lowest BCUT2D eigenvalue weighted by molar-refractivity contribution is 0.127. The van der Waals surface area contributed by atoms with Crippen LogP contribution in [0.5, 0.6) is 5.75 Å². The Hall–Kier alpha value is -2.57. The molecule has 1 unspecified atom stereocenters. The molecule has 1 aliphatic rings. The Labute approximate surface area is 179 Å². The van der Waals surface area contributed by atoms with Crippen molar-refractivity contribution in [3.05, 3.63) is 65.7 Å². The van der Waals surface area contributed by atoms with Crippen LogP contribution in [0.15, 0.2) is 59.6 Å². The number of aliphatic hydroxyl groups is 1. The monoisotopic (exact) mass is 411 g/mol. The zero-order chi connectivity index (χ0) is 21.1. The number of guanidine groups is 1. The molecule has 162 valence electrons. The predicted molar refractivity (Wildman–Crippen MR) is 120 cm³/mol. The molecule has 0 amide bonds. The van der Waals surface area contributed by atoms with Crippen LogP contribution < -0.4 is 15.4 Å². The number of ether oxygens (including phenoxy) is 2. The Morgan fingerprint density at radius 2 is 1.90 bits per heavy atom. The van der Waals surface area contributed by atoms with Crippen molar-refractivity contribution >= 4 is 5.96 Å². The highest BCUT2D eigenvalue weighted by molar-refractivity contribution is 5.79. The molecule has 30 heavy (non-hydrogen) atoms. The van der Waals surface area contributed by atoms with E-state index in [1.54, 1.807) is 0 Å². The standard InChI is InChI=1S/C24H33N3O3/c1-2-25-23(27-18-24(12-14-28)13-15-29-19-24)26-16-20-8-10-22(11-9-20)30-17-21-6-4-3-5-7-21/h3-11,28H,2,12-19H2,1H3,(H2,25,26,27). The number of benzene rings is 2. The van der Waals surface area contributed by atoms with Gasteiger partial charge in [-0.25, -0.2) is 4.99 Å². The van der Waals surface area contributed by atoms with E-state index in [0.717, 1.165) is 55.4 Å². The molecular formula is C24H33N3O3. The summed E-state index contributed by atoms with van der Waals surface area (Å²) in [5.74, 6) is 1.63. The van der Waals surface area contributed by atoms with E-state index in [1.807, 2.05) is 42.5 Å². The summed E-state index contributed by atoms with van der Waals surface area (Å²) in [6, 6.07) is 18.2. The average molecular weight is 412 g/mol. The molecule has 3 rings (SSSR count). The predicted octanol–water partition coefficient (Wildman–Crippen LogP) is 3.11. The lowest BCUT2D eigenvalue weighted by Gasteiger charge is -2.27. The summed E-state index contributed by atoms with van der Waals surface area (Å²) in [7, 11) is 0. The lowest BCUT2D eigenvalue weighted by atomic mass is 9.84. The fourth-order valence-corrected chi connectivity index (χ4v) is 3.53. The van der Waals surface area contributed by atoms with Crippen LogP contribution in [0.2, 0.25) is 0 Å². The van der Waals surface area contributed by atoms with E-state index in [4.69, 9.17) is 14.5 Å². The number of aliphatic imine (C=N–C) groups is 1. The molecule has 2 aromatic rings. The third kappa shape index (κ3) is 6.75. The Kier molecular flexibility index (Phi) is 8.53. The first-order valence-corrected chi connectivity index (χ1v) is 10.7. The lowest BCUT2D eigenvalue weighted by Crippen LogP contribution is -2.44. The molecule has 1 saturated heterocycles. The van der Waals surface area contributed by atoms with Gasteiger partial charge in [-0.1, -0.05) is 42.5 Å². The quantitative estimate of drug-likeness (QED) is 0.414. The van der Waals surface area contributed by atoms with Crippen molar-refractivity contribution < 1.29 is 14.6 Å². The van der Waals surface area contributed by atoms with Crippen molar-refractivity contribution in [2.75, 3.05) is 32.9 Å². The van der Waals surface area contributed by atoms with Gasteiger partial charge in [-0.3, -0.25) is 0 Å². The maximum absolute atomic E-state index is 9.40. The highest BCUT2D eigenvalue weighted by Crippen LogP contribution is 2.31. The van der Waals surface area contributed by atoms with Crippen LogP contribution in [0.4, 0.5) is 0 Å². The smallest absolute Gasteiger partial charge is 0.191 e. The second-order valence-corrected chi connectivity index (χ2v) is 7.74. The maximum atomic E-state index is 9.40. The second-order valence-electron chi connectivity index (χ2n) is 7.74. The zero-order valence-electron chi connectivity index (χ0n) is 17.8. The minimum Gasteiger partial charge on any atom is -0.489 e. The van der Waals surface area contributed by atoms with E-state index in [1.165, 1.54) is 0 Å². The third-order valence-electron chi connectivity index (χ3n) is 5.39. The van der Waals surface area contributed by atoms with Crippen molar-refractivity contribution in [2.45, 2.75) is 32.9 Å². The van der Waals surface area contributed by atoms with E-state index in [9.17, 15) is 5.11 Å². The molecule has 1 aliphatic heterocycles. The van der Waals surface area contributed by atoms with Crippen molar-refractivity contribution in [3.63, 3.8) is 0 Å². The second kappa shape index (κ2) is 11.6. The summed E-state index contributed by atoms with van der Waals surface area (Å²) < 4.78 is 11.4. The topological polar surface area (TPSA) is 75.1 Å². The molecule has 0 aliphatic carbocycles. The van der Waals surface area contributed by atoms with Gasteiger partial charge in [0.2, 0.25) is 0 Å². The summed E-state index contributed by atoms with van der Waals surface area (Å²) in [6.07, 6.45) is 1.70. The number of aliphatic hydroxyl groups excluding tert-OH is 1. The van der Waals surface area contributed by atoms with Gasteiger partial charge in [0, 0.05) is 31.7 Å². The molecule has 6 nitrogen and oxygen atoms in total. The van der Waals surface area contributed by atoms with E-state index >= 15 is 0 Å². The van der Waals surface area contributed by atoms with Gasteiger partial charge in [0.1, 0.15) is 12.4 Å². The Balaban J connectivity index is 1.52. The molecule has 6 heteroatoms. The molecule has 1 fully saturated rings. The SMILES string of the molecule is CCNC(=NCc1ccc(OCc2ccccc2)cc1)NCC1(CCO)CCOC1. The van der Waals surface area contributed by atoms with Crippen molar-refractivity contribution in [1.82, 2.24) is 10.6 Å². The van der Waals surface area contributed by atoms with Gasteiger partial charge in [0.25, 0.3) is 0 Å². The van der Waals surface area contributed by atoms with Crippen LogP contribution in [-0.4, -0.2) is 44.0 Å². The average Bonchev–Trinajstić information content (AvgIpc) is 3.25. The fraction of sp³-hybridized carbons (Fsp3) is 0.458. The largest absolute Gasteiger partial charge is 0.489 e. The van der Waals surface area contributed by atoms with Crippen LogP contribution in [-0.2, 0) is 17.9 Å². The molecule has 0 spiro atoms. The first-order valence-electron chi connectivity index (χ1n) is 10.7. The molecule has 0 saturated carbocycles. The highest BCUT2D eigenvalue weighted by Gasteiger charge is 2.34. The summed E-state index contributed by atoms with van der Waals surface area (Å²) in [4.78, 5) is 4.71. The molecule has 1 atom stereocenters. The summed E-state index contributed by atoms with van der Waals surface area (Å²) >= 11 is 0. The van der Waals surface area contributed by atoms with Crippen LogP contribution in [0, 0.1) is 5.41 Å². The first kappa shape index (κ1) is 22.1. The van der Waals surface area contributed by atoms with Gasteiger partial charge in [0.15, 0.2) is 5.96 Å². The molecule has 0 bridgehead atoms. The van der Waals surface area contributed by atoms with Gasteiger partial charge in [-0.05, 0) is 43.0 Å². The van der Waals surface area contributed by atoms with Crippen LogP contribution in [0.1, 0.15) is 30.9 Å². The van der Waals surface area contributed by atoms with Gasteiger partial charge in [-0.2, -0.15) is 0 Å².